The Labute approximate surface area is 195 Å². The molecule has 1 atom stereocenters. The van der Waals surface area contributed by atoms with E-state index in [0.717, 1.165) is 43.9 Å². The molecule has 7 heteroatoms. The highest BCUT2D eigenvalue weighted by atomic mass is 16.5. The van der Waals surface area contributed by atoms with Crippen LogP contribution in [0.25, 0.3) is 0 Å². The number of hydrogen-bond donors (Lipinski definition) is 1. The summed E-state index contributed by atoms with van der Waals surface area (Å²) >= 11 is 0. The van der Waals surface area contributed by atoms with E-state index in [9.17, 15) is 9.59 Å². The first-order valence-corrected chi connectivity index (χ1v) is 11.6. The molecule has 2 aromatic carbocycles. The quantitative estimate of drug-likeness (QED) is 0.671. The van der Waals surface area contributed by atoms with Crippen LogP contribution in [0, 0.1) is 5.92 Å². The van der Waals surface area contributed by atoms with Crippen LogP contribution < -0.4 is 15.1 Å². The van der Waals surface area contributed by atoms with Crippen LogP contribution in [0.15, 0.2) is 59.7 Å². The lowest BCUT2D eigenvalue weighted by Crippen LogP contribution is -2.40. The van der Waals surface area contributed by atoms with Crippen molar-refractivity contribution < 1.29 is 14.3 Å². The van der Waals surface area contributed by atoms with Gasteiger partial charge in [0.25, 0.3) is 5.91 Å². The maximum atomic E-state index is 12.8. The van der Waals surface area contributed by atoms with E-state index in [1.165, 1.54) is 5.56 Å². The molecular formula is C26H32N4O3. The Balaban J connectivity index is 1.25. The first kappa shape index (κ1) is 23.0. The molecule has 0 saturated carbocycles. The van der Waals surface area contributed by atoms with Gasteiger partial charge in [-0.2, -0.15) is 5.10 Å². The van der Waals surface area contributed by atoms with Crippen LogP contribution in [-0.4, -0.2) is 55.1 Å². The van der Waals surface area contributed by atoms with Gasteiger partial charge in [-0.25, -0.2) is 0 Å². The maximum absolute atomic E-state index is 12.8. The van der Waals surface area contributed by atoms with Gasteiger partial charge in [-0.3, -0.25) is 19.5 Å². The van der Waals surface area contributed by atoms with E-state index in [4.69, 9.17) is 4.74 Å². The van der Waals surface area contributed by atoms with Gasteiger partial charge in [0.05, 0.1) is 12.8 Å². The maximum Gasteiger partial charge on any atom is 0.267 e. The number of methoxy groups -OCH3 is 1. The summed E-state index contributed by atoms with van der Waals surface area (Å²) in [6, 6.07) is 17.3. The number of hydrogen-bond acceptors (Lipinski definition) is 6. The molecule has 1 unspecified atom stereocenters. The standard InChI is InChI=1S/C26H32N4O3/c1-19(31)25-16-24(28-30(25)22-6-4-3-5-7-22)26(32)27-17-20-12-14-29(15-13-20)18-21-8-10-23(33-2)11-9-21/h3-11,20,25H,12-18H2,1-2H3,(H,27,32). The molecule has 33 heavy (non-hydrogen) atoms. The number of anilines is 1. The summed E-state index contributed by atoms with van der Waals surface area (Å²) in [6.07, 6.45) is 2.45. The highest BCUT2D eigenvalue weighted by Crippen LogP contribution is 2.25. The molecular weight excluding hydrogens is 416 g/mol. The Bertz CT molecular complexity index is 982. The first-order chi connectivity index (χ1) is 16.0. The molecule has 0 spiro atoms. The molecule has 2 aliphatic heterocycles. The van der Waals surface area contributed by atoms with Crippen molar-refractivity contribution in [3.63, 3.8) is 0 Å². The molecule has 0 aromatic heterocycles. The molecule has 1 saturated heterocycles. The molecule has 1 fully saturated rings. The second-order valence-corrected chi connectivity index (χ2v) is 8.84. The van der Waals surface area contributed by atoms with E-state index in [2.05, 4.69) is 27.5 Å². The summed E-state index contributed by atoms with van der Waals surface area (Å²) in [5, 5.41) is 9.23. The number of nitrogens with zero attached hydrogens (tertiary/aromatic N) is 3. The van der Waals surface area contributed by atoms with Crippen molar-refractivity contribution in [2.75, 3.05) is 31.8 Å². The molecule has 0 radical (unpaired) electrons. The molecule has 0 aliphatic carbocycles. The molecule has 7 nitrogen and oxygen atoms in total. The topological polar surface area (TPSA) is 74.2 Å². The average Bonchev–Trinajstić information content (AvgIpc) is 3.31. The van der Waals surface area contributed by atoms with Crippen molar-refractivity contribution in [3.05, 3.63) is 60.2 Å². The zero-order valence-corrected chi connectivity index (χ0v) is 19.4. The summed E-state index contributed by atoms with van der Waals surface area (Å²) < 4.78 is 5.23. The fraction of sp³-hybridized carbons (Fsp3) is 0.423. The molecule has 2 aliphatic rings. The second kappa shape index (κ2) is 10.6. The van der Waals surface area contributed by atoms with Gasteiger partial charge in [0.1, 0.15) is 17.5 Å². The lowest BCUT2D eigenvalue weighted by molar-refractivity contribution is -0.118. The van der Waals surface area contributed by atoms with Crippen molar-refractivity contribution in [2.45, 2.75) is 38.8 Å². The normalized spacial score (nSPS) is 19.3. The van der Waals surface area contributed by atoms with Crippen molar-refractivity contribution in [2.24, 2.45) is 11.0 Å². The van der Waals surface area contributed by atoms with Gasteiger partial charge >= 0.3 is 0 Å². The minimum Gasteiger partial charge on any atom is -0.497 e. The van der Waals surface area contributed by atoms with Gasteiger partial charge in [0, 0.05) is 19.5 Å². The molecule has 4 rings (SSSR count). The predicted octanol–water partition coefficient (Wildman–Crippen LogP) is 3.25. The Kier molecular flexibility index (Phi) is 7.40. The zero-order chi connectivity index (χ0) is 23.2. The summed E-state index contributed by atoms with van der Waals surface area (Å²) in [6.45, 7) is 5.16. The van der Waals surface area contributed by atoms with Gasteiger partial charge in [0.2, 0.25) is 0 Å². The average molecular weight is 449 g/mol. The van der Waals surface area contributed by atoms with Gasteiger partial charge in [0.15, 0.2) is 5.78 Å². The van der Waals surface area contributed by atoms with E-state index in [-0.39, 0.29) is 11.7 Å². The third-order valence-corrected chi connectivity index (χ3v) is 6.49. The van der Waals surface area contributed by atoms with E-state index < -0.39 is 6.04 Å². The van der Waals surface area contributed by atoms with Crippen LogP contribution >= 0.6 is 0 Å². The molecule has 2 aromatic rings. The number of piperidine rings is 1. The number of benzene rings is 2. The number of amides is 1. The van der Waals surface area contributed by atoms with Gasteiger partial charge < -0.3 is 10.1 Å². The number of Topliss-reactive ketones (excluding diaryl/α,β-unsaturated/α-hetero) is 1. The summed E-state index contributed by atoms with van der Waals surface area (Å²) in [5.41, 5.74) is 2.53. The van der Waals surface area contributed by atoms with Crippen LogP contribution in [0.3, 0.4) is 0 Å². The Hall–Kier alpha value is -3.19. The number of hydrazone groups is 1. The summed E-state index contributed by atoms with van der Waals surface area (Å²) in [7, 11) is 1.68. The van der Waals surface area contributed by atoms with Crippen LogP contribution in [0.1, 0.15) is 31.7 Å². The van der Waals surface area contributed by atoms with Crippen LogP contribution in [-0.2, 0) is 16.1 Å². The van der Waals surface area contributed by atoms with Gasteiger partial charge in [-0.1, -0.05) is 30.3 Å². The number of ether oxygens (including phenoxy) is 1. The third kappa shape index (κ3) is 5.79. The SMILES string of the molecule is COc1ccc(CN2CCC(CNC(=O)C3=NN(c4ccccc4)C(C(C)=O)C3)CC2)cc1. The van der Waals surface area contributed by atoms with Gasteiger partial charge in [-0.05, 0) is 68.6 Å². The molecule has 1 amide bonds. The van der Waals surface area contributed by atoms with E-state index in [0.29, 0.717) is 24.6 Å². The van der Waals surface area contributed by atoms with Crippen molar-refractivity contribution >= 4 is 23.1 Å². The number of para-hydroxylation sites is 1. The highest BCUT2D eigenvalue weighted by Gasteiger charge is 2.34. The fourth-order valence-electron chi connectivity index (χ4n) is 4.46. The number of ketones is 1. The zero-order valence-electron chi connectivity index (χ0n) is 19.4. The lowest BCUT2D eigenvalue weighted by Gasteiger charge is -2.32. The molecule has 174 valence electrons. The minimum atomic E-state index is -0.422. The summed E-state index contributed by atoms with van der Waals surface area (Å²) in [4.78, 5) is 27.4. The van der Waals surface area contributed by atoms with Crippen LogP contribution in [0.5, 0.6) is 5.75 Å². The smallest absolute Gasteiger partial charge is 0.267 e. The predicted molar refractivity (Wildman–Crippen MR) is 129 cm³/mol. The van der Waals surface area contributed by atoms with Crippen LogP contribution in [0.2, 0.25) is 0 Å². The number of likely N-dealkylation sites (tertiary alicyclic amines) is 1. The van der Waals surface area contributed by atoms with Crippen molar-refractivity contribution in [3.8, 4) is 5.75 Å². The van der Waals surface area contributed by atoms with Crippen LogP contribution in [0.4, 0.5) is 5.69 Å². The lowest BCUT2D eigenvalue weighted by atomic mass is 9.96. The molecule has 1 N–H and O–H groups in total. The first-order valence-electron chi connectivity index (χ1n) is 11.6. The monoisotopic (exact) mass is 448 g/mol. The third-order valence-electron chi connectivity index (χ3n) is 6.49. The largest absolute Gasteiger partial charge is 0.497 e. The Morgan fingerprint density at radius 2 is 1.76 bits per heavy atom. The number of carbonyl (C=O) groups excluding carboxylic acids is 2. The molecule has 2 heterocycles. The number of rotatable bonds is 8. The molecule has 0 bridgehead atoms. The van der Waals surface area contributed by atoms with Crippen molar-refractivity contribution in [1.29, 1.82) is 0 Å². The van der Waals surface area contributed by atoms with E-state index in [1.54, 1.807) is 19.0 Å². The van der Waals surface area contributed by atoms with E-state index >= 15 is 0 Å². The highest BCUT2D eigenvalue weighted by molar-refractivity contribution is 6.40. The minimum absolute atomic E-state index is 0.00892. The Morgan fingerprint density at radius 3 is 2.39 bits per heavy atom. The fourth-order valence-corrected chi connectivity index (χ4v) is 4.46. The second-order valence-electron chi connectivity index (χ2n) is 8.84. The van der Waals surface area contributed by atoms with Crippen molar-refractivity contribution in [1.82, 2.24) is 10.2 Å². The van der Waals surface area contributed by atoms with E-state index in [1.807, 2.05) is 42.5 Å². The summed E-state index contributed by atoms with van der Waals surface area (Å²) in [5.74, 6) is 1.17. The van der Waals surface area contributed by atoms with Gasteiger partial charge in [-0.15, -0.1) is 0 Å². The Morgan fingerprint density at radius 1 is 1.06 bits per heavy atom. The number of nitrogens with one attached hydrogen (secondary N) is 1. The number of carbonyl (C=O) groups is 2.